The van der Waals surface area contributed by atoms with Crippen LogP contribution in [-0.2, 0) is 0 Å². The summed E-state index contributed by atoms with van der Waals surface area (Å²) in [4.78, 5) is 4.45. The third-order valence-corrected chi connectivity index (χ3v) is 4.73. The molecule has 0 amide bonds. The van der Waals surface area contributed by atoms with Crippen LogP contribution in [0.4, 0.5) is 0 Å². The molecule has 0 aliphatic rings. The number of nitrogens with one attached hydrogen (secondary N) is 1. The highest BCUT2D eigenvalue weighted by molar-refractivity contribution is 7.17. The molecule has 0 radical (unpaired) electrons. The first-order chi connectivity index (χ1) is 9.08. The van der Waals surface area contributed by atoms with Crippen LogP contribution >= 0.6 is 11.3 Å². The van der Waals surface area contributed by atoms with Crippen molar-refractivity contribution in [1.29, 1.82) is 0 Å². The van der Waals surface area contributed by atoms with Crippen molar-refractivity contribution >= 4 is 21.6 Å². The minimum Gasteiger partial charge on any atom is -0.389 e. The summed E-state index contributed by atoms with van der Waals surface area (Å²) in [7, 11) is 0. The van der Waals surface area contributed by atoms with E-state index in [-0.39, 0.29) is 6.04 Å². The Balaban J connectivity index is 2.04. The normalized spacial score (nSPS) is 13.9. The van der Waals surface area contributed by atoms with Crippen LogP contribution in [-0.4, -0.2) is 22.2 Å². The molecule has 104 valence electrons. The van der Waals surface area contributed by atoms with Crippen molar-refractivity contribution in [3.8, 4) is 0 Å². The molecule has 1 atom stereocenters. The lowest BCUT2D eigenvalue weighted by molar-refractivity contribution is 0.0303. The first-order valence-corrected chi connectivity index (χ1v) is 7.75. The van der Waals surface area contributed by atoms with Crippen molar-refractivity contribution in [3.63, 3.8) is 0 Å². The van der Waals surface area contributed by atoms with Crippen LogP contribution < -0.4 is 5.32 Å². The van der Waals surface area contributed by atoms with Gasteiger partial charge in [0.2, 0.25) is 0 Å². The van der Waals surface area contributed by atoms with Gasteiger partial charge in [-0.2, -0.15) is 0 Å². The van der Waals surface area contributed by atoms with Crippen LogP contribution in [0.2, 0.25) is 0 Å². The van der Waals surface area contributed by atoms with Crippen LogP contribution in [0.1, 0.15) is 45.2 Å². The summed E-state index contributed by atoms with van der Waals surface area (Å²) in [6.07, 6.45) is 3.46. The number of hydrogen-bond acceptors (Lipinski definition) is 4. The quantitative estimate of drug-likeness (QED) is 0.850. The highest BCUT2D eigenvalue weighted by Gasteiger charge is 2.22. The Morgan fingerprint density at radius 1 is 1.42 bits per heavy atom. The third-order valence-electron chi connectivity index (χ3n) is 3.88. The molecule has 2 aromatic heterocycles. The van der Waals surface area contributed by atoms with Crippen LogP contribution in [0.15, 0.2) is 23.7 Å². The monoisotopic (exact) mass is 278 g/mol. The Morgan fingerprint density at radius 2 is 2.16 bits per heavy atom. The van der Waals surface area contributed by atoms with E-state index in [1.807, 2.05) is 26.1 Å². The summed E-state index contributed by atoms with van der Waals surface area (Å²) in [6, 6.07) is 4.42. The molecule has 3 nitrogen and oxygen atoms in total. The van der Waals surface area contributed by atoms with Gasteiger partial charge in [-0.15, -0.1) is 11.3 Å². The van der Waals surface area contributed by atoms with E-state index in [2.05, 4.69) is 28.7 Å². The summed E-state index contributed by atoms with van der Waals surface area (Å²) >= 11 is 1.71. The Hall–Kier alpha value is -0.970. The molecular weight excluding hydrogens is 256 g/mol. The largest absolute Gasteiger partial charge is 0.389 e. The van der Waals surface area contributed by atoms with E-state index in [4.69, 9.17) is 0 Å². The average Bonchev–Trinajstić information content (AvgIpc) is 2.91. The standard InChI is InChI=1S/C15H22N2OS/c1-4-15(18,5-2)10-17-11(3)12-8-14-13(16-9-12)6-7-19-14/h6-9,11,17-18H,4-5,10H2,1-3H3. The lowest BCUT2D eigenvalue weighted by Crippen LogP contribution is -2.40. The Kier molecular flexibility index (Phi) is 4.55. The molecule has 1 unspecified atom stereocenters. The van der Waals surface area contributed by atoms with E-state index in [1.165, 1.54) is 10.3 Å². The van der Waals surface area contributed by atoms with E-state index in [9.17, 15) is 5.11 Å². The number of hydrogen-bond donors (Lipinski definition) is 2. The topological polar surface area (TPSA) is 45.1 Å². The molecule has 0 fully saturated rings. The van der Waals surface area contributed by atoms with Crippen LogP contribution in [0.25, 0.3) is 10.2 Å². The minimum absolute atomic E-state index is 0.198. The second kappa shape index (κ2) is 5.99. The first kappa shape index (κ1) is 14.4. The fourth-order valence-electron chi connectivity index (χ4n) is 2.06. The predicted molar refractivity (Wildman–Crippen MR) is 81.6 cm³/mol. The van der Waals surface area contributed by atoms with Crippen molar-refractivity contribution < 1.29 is 5.11 Å². The van der Waals surface area contributed by atoms with Gasteiger partial charge in [0.1, 0.15) is 0 Å². The van der Waals surface area contributed by atoms with E-state index in [0.29, 0.717) is 6.54 Å². The molecule has 19 heavy (non-hydrogen) atoms. The maximum Gasteiger partial charge on any atom is 0.0809 e. The molecule has 0 saturated heterocycles. The minimum atomic E-state index is -0.602. The van der Waals surface area contributed by atoms with Crippen molar-refractivity contribution in [2.75, 3.05) is 6.54 Å². The molecule has 0 aromatic carbocycles. The third kappa shape index (κ3) is 3.32. The van der Waals surface area contributed by atoms with Gasteiger partial charge in [0.25, 0.3) is 0 Å². The summed E-state index contributed by atoms with van der Waals surface area (Å²) in [5.41, 5.74) is 1.62. The zero-order chi connectivity index (χ0) is 13.9. The maximum atomic E-state index is 10.3. The molecule has 0 saturated carbocycles. The molecule has 2 aromatic rings. The van der Waals surface area contributed by atoms with Gasteiger partial charge < -0.3 is 10.4 Å². The second-order valence-corrected chi connectivity index (χ2v) is 6.05. The fourth-order valence-corrected chi connectivity index (χ4v) is 2.85. The molecule has 0 aliphatic carbocycles. The smallest absolute Gasteiger partial charge is 0.0809 e. The number of fused-ring (bicyclic) bond motifs is 1. The van der Waals surface area contributed by atoms with Gasteiger partial charge in [-0.1, -0.05) is 13.8 Å². The highest BCUT2D eigenvalue weighted by Crippen LogP contribution is 2.23. The molecule has 4 heteroatoms. The fraction of sp³-hybridized carbons (Fsp3) is 0.533. The van der Waals surface area contributed by atoms with Gasteiger partial charge in [-0.25, -0.2) is 0 Å². The zero-order valence-corrected chi connectivity index (χ0v) is 12.6. The molecule has 2 heterocycles. The van der Waals surface area contributed by atoms with Crippen LogP contribution in [0.3, 0.4) is 0 Å². The second-order valence-electron chi connectivity index (χ2n) is 5.11. The van der Waals surface area contributed by atoms with Crippen molar-refractivity contribution in [1.82, 2.24) is 10.3 Å². The summed E-state index contributed by atoms with van der Waals surface area (Å²) < 4.78 is 1.22. The van der Waals surface area contributed by atoms with Crippen LogP contribution in [0, 0.1) is 0 Å². The van der Waals surface area contributed by atoms with Crippen molar-refractivity contribution in [2.24, 2.45) is 0 Å². The van der Waals surface area contributed by atoms with Gasteiger partial charge in [-0.3, -0.25) is 4.98 Å². The molecule has 0 spiro atoms. The number of aliphatic hydroxyl groups is 1. The van der Waals surface area contributed by atoms with Gasteiger partial charge in [0.05, 0.1) is 15.8 Å². The van der Waals surface area contributed by atoms with Gasteiger partial charge in [0, 0.05) is 18.8 Å². The Morgan fingerprint density at radius 3 is 2.84 bits per heavy atom. The van der Waals surface area contributed by atoms with Gasteiger partial charge >= 0.3 is 0 Å². The molecule has 2 rings (SSSR count). The van der Waals surface area contributed by atoms with E-state index >= 15 is 0 Å². The number of pyridine rings is 1. The molecule has 0 bridgehead atoms. The maximum absolute atomic E-state index is 10.3. The number of thiophene rings is 1. The predicted octanol–water partition coefficient (Wildman–Crippen LogP) is 3.50. The number of aromatic nitrogens is 1. The summed E-state index contributed by atoms with van der Waals surface area (Å²) in [5, 5.41) is 15.8. The van der Waals surface area contributed by atoms with Crippen LogP contribution in [0.5, 0.6) is 0 Å². The van der Waals surface area contributed by atoms with E-state index in [1.54, 1.807) is 11.3 Å². The van der Waals surface area contributed by atoms with Gasteiger partial charge in [0.15, 0.2) is 0 Å². The van der Waals surface area contributed by atoms with Gasteiger partial charge in [-0.05, 0) is 42.8 Å². The average molecular weight is 278 g/mol. The number of rotatable bonds is 6. The lowest BCUT2D eigenvalue weighted by Gasteiger charge is -2.27. The van der Waals surface area contributed by atoms with Crippen molar-refractivity contribution in [2.45, 2.75) is 45.3 Å². The Labute approximate surface area is 118 Å². The molecular formula is C15H22N2OS. The zero-order valence-electron chi connectivity index (χ0n) is 11.8. The van der Waals surface area contributed by atoms with E-state index < -0.39 is 5.60 Å². The summed E-state index contributed by atoms with van der Waals surface area (Å²) in [6.45, 7) is 6.77. The van der Waals surface area contributed by atoms with Crippen molar-refractivity contribution in [3.05, 3.63) is 29.3 Å². The highest BCUT2D eigenvalue weighted by atomic mass is 32.1. The summed E-state index contributed by atoms with van der Waals surface area (Å²) in [5.74, 6) is 0. The van der Waals surface area contributed by atoms with E-state index in [0.717, 1.165) is 18.4 Å². The molecule has 0 aliphatic heterocycles. The first-order valence-electron chi connectivity index (χ1n) is 6.87. The number of nitrogens with zero attached hydrogens (tertiary/aromatic N) is 1. The molecule has 2 N–H and O–H groups in total. The Bertz CT molecular complexity index is 534. The lowest BCUT2D eigenvalue weighted by atomic mass is 9.97. The SMILES string of the molecule is CCC(O)(CC)CNC(C)c1cnc2ccsc2c1.